The van der Waals surface area contributed by atoms with Gasteiger partial charge in [0.15, 0.2) is 0 Å². The molecule has 0 saturated heterocycles. The van der Waals surface area contributed by atoms with Crippen molar-refractivity contribution >= 4 is 11.8 Å². The second-order valence-electron chi connectivity index (χ2n) is 5.89. The van der Waals surface area contributed by atoms with Crippen LogP contribution in [0.15, 0.2) is 0 Å². The zero-order valence-electron chi connectivity index (χ0n) is 13.1. The Kier molecular flexibility index (Phi) is 9.27. The topological polar surface area (TPSA) is 58.2 Å². The number of hydrogen-bond acceptors (Lipinski definition) is 2. The molecule has 0 fully saturated rings. The van der Waals surface area contributed by atoms with E-state index >= 15 is 0 Å². The maximum absolute atomic E-state index is 12.0. The minimum absolute atomic E-state index is 0.0214. The molecular weight excluding hydrogens is 240 g/mol. The molecule has 2 N–H and O–H groups in total. The summed E-state index contributed by atoms with van der Waals surface area (Å²) in [5.74, 6) is 0.415. The predicted octanol–water partition coefficient (Wildman–Crippen LogP) is 2.48. The molecule has 19 heavy (non-hydrogen) atoms. The molecule has 0 aliphatic carbocycles. The highest BCUT2D eigenvalue weighted by Crippen LogP contribution is 2.05. The summed E-state index contributed by atoms with van der Waals surface area (Å²) >= 11 is 0. The molecule has 0 radical (unpaired) electrons. The maximum atomic E-state index is 12.0. The maximum Gasteiger partial charge on any atom is 0.242 e. The average molecular weight is 270 g/mol. The van der Waals surface area contributed by atoms with Crippen LogP contribution >= 0.6 is 0 Å². The highest BCUT2D eigenvalue weighted by atomic mass is 16.2. The molecule has 0 spiro atoms. The molecular formula is C15H30N2O2. The molecule has 0 heterocycles. The molecule has 0 unspecified atom stereocenters. The Labute approximate surface area is 117 Å². The normalized spacial score (nSPS) is 12.6. The first-order valence-electron chi connectivity index (χ1n) is 7.45. The van der Waals surface area contributed by atoms with Crippen molar-refractivity contribution in [3.63, 3.8) is 0 Å². The van der Waals surface area contributed by atoms with Gasteiger partial charge in [-0.05, 0) is 18.3 Å². The van der Waals surface area contributed by atoms with E-state index in [1.165, 1.54) is 0 Å². The molecule has 1 atom stereocenters. The molecule has 0 rings (SSSR count). The third kappa shape index (κ3) is 8.62. The van der Waals surface area contributed by atoms with Crippen molar-refractivity contribution in [1.82, 2.24) is 10.6 Å². The standard InChI is InChI=1S/C15H30N2O2/c1-6-7-8-9-13(18)17-14(12(4)5)15(19)16-10-11(2)3/h11-12,14H,6-10H2,1-5H3,(H,16,19)(H,17,18)/t14-/m0/s1. The zero-order valence-corrected chi connectivity index (χ0v) is 13.1. The molecule has 0 aromatic carbocycles. The van der Waals surface area contributed by atoms with Gasteiger partial charge in [-0.3, -0.25) is 9.59 Å². The third-order valence-corrected chi connectivity index (χ3v) is 2.96. The summed E-state index contributed by atoms with van der Waals surface area (Å²) in [7, 11) is 0. The van der Waals surface area contributed by atoms with Crippen LogP contribution in [0.5, 0.6) is 0 Å². The number of carbonyl (C=O) groups excluding carboxylic acids is 2. The first-order chi connectivity index (χ1) is 8.88. The molecule has 4 heteroatoms. The van der Waals surface area contributed by atoms with Gasteiger partial charge in [-0.15, -0.1) is 0 Å². The quantitative estimate of drug-likeness (QED) is 0.632. The van der Waals surface area contributed by atoms with Crippen LogP contribution in [0, 0.1) is 11.8 Å². The van der Waals surface area contributed by atoms with E-state index in [1.807, 2.05) is 27.7 Å². The van der Waals surface area contributed by atoms with Crippen molar-refractivity contribution in [2.24, 2.45) is 11.8 Å². The van der Waals surface area contributed by atoms with Crippen molar-refractivity contribution in [3.05, 3.63) is 0 Å². The van der Waals surface area contributed by atoms with Gasteiger partial charge in [0, 0.05) is 13.0 Å². The first-order valence-corrected chi connectivity index (χ1v) is 7.45. The van der Waals surface area contributed by atoms with Crippen LogP contribution in [-0.4, -0.2) is 24.4 Å². The number of hydrogen-bond donors (Lipinski definition) is 2. The van der Waals surface area contributed by atoms with Gasteiger partial charge < -0.3 is 10.6 Å². The molecule has 0 aromatic rings. The highest BCUT2D eigenvalue weighted by molar-refractivity contribution is 5.87. The van der Waals surface area contributed by atoms with Crippen LogP contribution in [0.2, 0.25) is 0 Å². The second kappa shape index (κ2) is 9.82. The van der Waals surface area contributed by atoms with Gasteiger partial charge in [-0.2, -0.15) is 0 Å². The van der Waals surface area contributed by atoms with E-state index in [2.05, 4.69) is 17.6 Å². The number of amides is 2. The second-order valence-corrected chi connectivity index (χ2v) is 5.89. The first kappa shape index (κ1) is 17.9. The van der Waals surface area contributed by atoms with Crippen molar-refractivity contribution < 1.29 is 9.59 Å². The van der Waals surface area contributed by atoms with Gasteiger partial charge in [0.05, 0.1) is 0 Å². The molecule has 112 valence electrons. The SMILES string of the molecule is CCCCCC(=O)N[C@H](C(=O)NCC(C)C)C(C)C. The lowest BCUT2D eigenvalue weighted by Crippen LogP contribution is -2.50. The van der Waals surface area contributed by atoms with Gasteiger partial charge in [0.25, 0.3) is 0 Å². The van der Waals surface area contributed by atoms with E-state index in [9.17, 15) is 9.59 Å². The Morgan fingerprint density at radius 2 is 1.68 bits per heavy atom. The number of rotatable bonds is 9. The Morgan fingerprint density at radius 3 is 2.16 bits per heavy atom. The van der Waals surface area contributed by atoms with Crippen LogP contribution in [0.4, 0.5) is 0 Å². The summed E-state index contributed by atoms with van der Waals surface area (Å²) < 4.78 is 0. The number of unbranched alkanes of at least 4 members (excludes halogenated alkanes) is 2. The van der Waals surface area contributed by atoms with Crippen molar-refractivity contribution in [3.8, 4) is 0 Å². The van der Waals surface area contributed by atoms with Crippen LogP contribution in [0.3, 0.4) is 0 Å². The number of carbonyl (C=O) groups is 2. The van der Waals surface area contributed by atoms with Gasteiger partial charge in [-0.1, -0.05) is 47.5 Å². The molecule has 0 aromatic heterocycles. The van der Waals surface area contributed by atoms with Crippen LogP contribution in [0.1, 0.15) is 60.3 Å². The Bertz CT molecular complexity index is 275. The van der Waals surface area contributed by atoms with Crippen LogP contribution in [-0.2, 0) is 9.59 Å². The lowest BCUT2D eigenvalue weighted by Gasteiger charge is -2.22. The van der Waals surface area contributed by atoms with E-state index in [1.54, 1.807) is 0 Å². The van der Waals surface area contributed by atoms with E-state index in [-0.39, 0.29) is 17.7 Å². The molecule has 0 aliphatic heterocycles. The summed E-state index contributed by atoms with van der Waals surface area (Å²) in [5, 5.41) is 5.73. The summed E-state index contributed by atoms with van der Waals surface area (Å²) in [6, 6.07) is -0.423. The van der Waals surface area contributed by atoms with Gasteiger partial charge in [0.2, 0.25) is 11.8 Å². The molecule has 0 saturated carbocycles. The number of nitrogens with one attached hydrogen (secondary N) is 2. The summed E-state index contributed by atoms with van der Waals surface area (Å²) in [6.07, 6.45) is 3.55. The Hall–Kier alpha value is -1.06. The lowest BCUT2D eigenvalue weighted by atomic mass is 10.0. The van der Waals surface area contributed by atoms with E-state index in [0.717, 1.165) is 19.3 Å². The fraction of sp³-hybridized carbons (Fsp3) is 0.867. The van der Waals surface area contributed by atoms with E-state index in [4.69, 9.17) is 0 Å². The zero-order chi connectivity index (χ0) is 14.8. The van der Waals surface area contributed by atoms with E-state index < -0.39 is 6.04 Å². The fourth-order valence-corrected chi connectivity index (χ4v) is 1.73. The largest absolute Gasteiger partial charge is 0.354 e. The minimum Gasteiger partial charge on any atom is -0.354 e. The predicted molar refractivity (Wildman–Crippen MR) is 78.8 cm³/mol. The van der Waals surface area contributed by atoms with Gasteiger partial charge in [0.1, 0.15) is 6.04 Å². The molecule has 0 bridgehead atoms. The van der Waals surface area contributed by atoms with Gasteiger partial charge >= 0.3 is 0 Å². The van der Waals surface area contributed by atoms with Crippen molar-refractivity contribution in [2.75, 3.05) is 6.54 Å². The van der Waals surface area contributed by atoms with Crippen LogP contribution < -0.4 is 10.6 Å². The lowest BCUT2D eigenvalue weighted by molar-refractivity contribution is -0.130. The molecule has 0 aliphatic rings. The smallest absolute Gasteiger partial charge is 0.242 e. The van der Waals surface area contributed by atoms with Crippen LogP contribution in [0.25, 0.3) is 0 Å². The minimum atomic E-state index is -0.423. The molecule has 2 amide bonds. The Morgan fingerprint density at radius 1 is 1.05 bits per heavy atom. The summed E-state index contributed by atoms with van der Waals surface area (Å²) in [6.45, 7) is 10.8. The highest BCUT2D eigenvalue weighted by Gasteiger charge is 2.23. The summed E-state index contributed by atoms with van der Waals surface area (Å²) in [5.41, 5.74) is 0. The molecule has 4 nitrogen and oxygen atoms in total. The summed E-state index contributed by atoms with van der Waals surface area (Å²) in [4.78, 5) is 23.8. The third-order valence-electron chi connectivity index (χ3n) is 2.96. The van der Waals surface area contributed by atoms with Crippen molar-refractivity contribution in [1.29, 1.82) is 0 Å². The Balaban J connectivity index is 4.24. The van der Waals surface area contributed by atoms with Gasteiger partial charge in [-0.25, -0.2) is 0 Å². The fourth-order valence-electron chi connectivity index (χ4n) is 1.73. The van der Waals surface area contributed by atoms with Crippen molar-refractivity contribution in [2.45, 2.75) is 66.3 Å². The van der Waals surface area contributed by atoms with E-state index in [0.29, 0.717) is 18.9 Å². The average Bonchev–Trinajstić information content (AvgIpc) is 2.33. The monoisotopic (exact) mass is 270 g/mol.